The largest absolute Gasteiger partial charge is 0.329 e. The zero-order valence-corrected chi connectivity index (χ0v) is 13.4. The van der Waals surface area contributed by atoms with Crippen molar-refractivity contribution in [3.8, 4) is 0 Å². The van der Waals surface area contributed by atoms with Gasteiger partial charge in [-0.2, -0.15) is 0 Å². The van der Waals surface area contributed by atoms with Crippen molar-refractivity contribution in [1.82, 2.24) is 14.7 Å². The van der Waals surface area contributed by atoms with Crippen molar-refractivity contribution in [1.29, 1.82) is 0 Å². The molecule has 0 aromatic heterocycles. The topological polar surface area (TPSA) is 35.7 Å². The van der Waals surface area contributed by atoms with E-state index in [9.17, 15) is 0 Å². The molecule has 0 aromatic carbocycles. The first-order valence-electron chi connectivity index (χ1n) is 8.53. The number of rotatable bonds is 4. The van der Waals surface area contributed by atoms with Crippen LogP contribution in [0.15, 0.2) is 0 Å². The van der Waals surface area contributed by atoms with Gasteiger partial charge in [-0.05, 0) is 59.3 Å². The third-order valence-corrected chi connectivity index (χ3v) is 5.94. The average Bonchev–Trinajstić information content (AvgIpc) is 3.03. The van der Waals surface area contributed by atoms with Gasteiger partial charge in [-0.3, -0.25) is 9.80 Å². The Bertz CT molecular complexity index is 332. The maximum atomic E-state index is 6.37. The van der Waals surface area contributed by atoms with Gasteiger partial charge in [-0.25, -0.2) is 0 Å². The molecule has 3 heterocycles. The van der Waals surface area contributed by atoms with E-state index in [0.29, 0.717) is 0 Å². The fraction of sp³-hybridized carbons (Fsp3) is 1.00. The zero-order valence-electron chi connectivity index (χ0n) is 13.4. The van der Waals surface area contributed by atoms with E-state index in [0.717, 1.165) is 18.6 Å². The highest BCUT2D eigenvalue weighted by Crippen LogP contribution is 2.42. The van der Waals surface area contributed by atoms with E-state index in [4.69, 9.17) is 5.73 Å². The van der Waals surface area contributed by atoms with Crippen LogP contribution >= 0.6 is 0 Å². The molecule has 4 nitrogen and oxygen atoms in total. The third-order valence-electron chi connectivity index (χ3n) is 5.94. The lowest BCUT2D eigenvalue weighted by Crippen LogP contribution is -2.63. The smallest absolute Gasteiger partial charge is 0.0502 e. The summed E-state index contributed by atoms with van der Waals surface area (Å²) in [7, 11) is 4.40. The molecule has 4 heteroatoms. The van der Waals surface area contributed by atoms with E-state index in [-0.39, 0.29) is 5.54 Å². The van der Waals surface area contributed by atoms with Crippen LogP contribution < -0.4 is 5.73 Å². The molecule has 3 unspecified atom stereocenters. The van der Waals surface area contributed by atoms with Crippen LogP contribution in [-0.2, 0) is 0 Å². The number of fused-ring (bicyclic) bond motifs is 1. The van der Waals surface area contributed by atoms with Gasteiger partial charge in [0.25, 0.3) is 0 Å². The Balaban J connectivity index is 1.81. The molecule has 0 aliphatic carbocycles. The van der Waals surface area contributed by atoms with Crippen LogP contribution in [0.4, 0.5) is 0 Å². The second-order valence-corrected chi connectivity index (χ2v) is 7.36. The summed E-state index contributed by atoms with van der Waals surface area (Å²) in [6, 6.07) is 1.44. The number of hydrogen-bond donors (Lipinski definition) is 1. The minimum absolute atomic E-state index is 0.275. The molecule has 0 radical (unpaired) electrons. The molecule has 0 amide bonds. The first-order valence-corrected chi connectivity index (χ1v) is 8.53. The van der Waals surface area contributed by atoms with Gasteiger partial charge in [0.15, 0.2) is 0 Å². The fourth-order valence-electron chi connectivity index (χ4n) is 5.09. The van der Waals surface area contributed by atoms with E-state index in [1.54, 1.807) is 0 Å². The van der Waals surface area contributed by atoms with Gasteiger partial charge in [0.2, 0.25) is 0 Å². The molecule has 3 saturated heterocycles. The monoisotopic (exact) mass is 280 g/mol. The van der Waals surface area contributed by atoms with Crippen LogP contribution in [-0.4, -0.2) is 79.1 Å². The Morgan fingerprint density at radius 2 is 1.95 bits per heavy atom. The Morgan fingerprint density at radius 1 is 1.10 bits per heavy atom. The van der Waals surface area contributed by atoms with E-state index >= 15 is 0 Å². The molecule has 3 aliphatic rings. The molecule has 3 aliphatic heterocycles. The van der Waals surface area contributed by atoms with Crippen molar-refractivity contribution < 1.29 is 0 Å². The molecule has 20 heavy (non-hydrogen) atoms. The highest BCUT2D eigenvalue weighted by atomic mass is 15.4. The van der Waals surface area contributed by atoms with Crippen LogP contribution in [0, 0.1) is 0 Å². The number of likely N-dealkylation sites (tertiary alicyclic amines) is 1. The molecule has 0 aromatic rings. The Hall–Kier alpha value is -0.160. The predicted molar refractivity (Wildman–Crippen MR) is 83.9 cm³/mol. The lowest BCUT2D eigenvalue weighted by molar-refractivity contribution is 0.0218. The summed E-state index contributed by atoms with van der Waals surface area (Å²) in [6.07, 6.45) is 8.15. The van der Waals surface area contributed by atoms with E-state index in [1.807, 2.05) is 0 Å². The quantitative estimate of drug-likeness (QED) is 0.832. The molecule has 0 bridgehead atoms. The molecule has 116 valence electrons. The number of nitrogens with zero attached hydrogens (tertiary/aromatic N) is 3. The highest BCUT2D eigenvalue weighted by Gasteiger charge is 2.53. The zero-order chi connectivity index (χ0) is 14.2. The summed E-state index contributed by atoms with van der Waals surface area (Å²) >= 11 is 0. The Kier molecular flexibility index (Phi) is 4.37. The lowest BCUT2D eigenvalue weighted by Gasteiger charge is -2.48. The SMILES string of the molecule is CN(C)CC1CCCN1C1(CN)CCN2CCCCC21. The average molecular weight is 280 g/mol. The summed E-state index contributed by atoms with van der Waals surface area (Å²) in [5.74, 6) is 0. The summed E-state index contributed by atoms with van der Waals surface area (Å²) in [6.45, 7) is 5.87. The van der Waals surface area contributed by atoms with Crippen molar-refractivity contribution >= 4 is 0 Å². The number of nitrogens with two attached hydrogens (primary N) is 1. The van der Waals surface area contributed by atoms with Crippen LogP contribution in [0.1, 0.15) is 38.5 Å². The molecular formula is C16H32N4. The first kappa shape index (κ1) is 14.8. The van der Waals surface area contributed by atoms with Gasteiger partial charge in [-0.1, -0.05) is 6.42 Å². The van der Waals surface area contributed by atoms with Crippen LogP contribution in [0.2, 0.25) is 0 Å². The molecular weight excluding hydrogens is 248 g/mol. The number of piperidine rings is 1. The minimum atomic E-state index is 0.275. The number of likely N-dealkylation sites (N-methyl/N-ethyl adjacent to an activating group) is 1. The second kappa shape index (κ2) is 5.91. The maximum Gasteiger partial charge on any atom is 0.0502 e. The second-order valence-electron chi connectivity index (χ2n) is 7.36. The molecule has 3 rings (SSSR count). The third kappa shape index (κ3) is 2.41. The minimum Gasteiger partial charge on any atom is -0.329 e. The highest BCUT2D eigenvalue weighted by molar-refractivity contribution is 5.11. The summed E-state index contributed by atoms with van der Waals surface area (Å²) in [4.78, 5) is 7.91. The van der Waals surface area contributed by atoms with Crippen molar-refractivity contribution in [2.75, 3.05) is 46.8 Å². The molecule has 2 N–H and O–H groups in total. The lowest BCUT2D eigenvalue weighted by atomic mass is 9.83. The van der Waals surface area contributed by atoms with Gasteiger partial charge in [-0.15, -0.1) is 0 Å². The molecule has 0 saturated carbocycles. The fourth-order valence-corrected chi connectivity index (χ4v) is 5.09. The summed E-state index contributed by atoms with van der Waals surface area (Å²) < 4.78 is 0. The summed E-state index contributed by atoms with van der Waals surface area (Å²) in [5, 5.41) is 0. The van der Waals surface area contributed by atoms with Crippen molar-refractivity contribution in [2.45, 2.75) is 56.1 Å². The molecule has 3 fully saturated rings. The van der Waals surface area contributed by atoms with Gasteiger partial charge >= 0.3 is 0 Å². The normalized spacial score (nSPS) is 39.6. The molecule has 3 atom stereocenters. The standard InChI is InChI=1S/C16H32N4/c1-18(2)12-14-6-5-10-20(14)16(13-17)8-11-19-9-4-3-7-15(16)19/h14-15H,3-13,17H2,1-2H3. The van der Waals surface area contributed by atoms with E-state index in [2.05, 4.69) is 28.8 Å². The van der Waals surface area contributed by atoms with Crippen molar-refractivity contribution in [3.05, 3.63) is 0 Å². The van der Waals surface area contributed by atoms with E-state index in [1.165, 1.54) is 64.7 Å². The predicted octanol–water partition coefficient (Wildman–Crippen LogP) is 0.968. The van der Waals surface area contributed by atoms with Crippen molar-refractivity contribution in [3.63, 3.8) is 0 Å². The van der Waals surface area contributed by atoms with Crippen molar-refractivity contribution in [2.24, 2.45) is 5.73 Å². The van der Waals surface area contributed by atoms with Gasteiger partial charge in [0.05, 0.1) is 5.54 Å². The summed E-state index contributed by atoms with van der Waals surface area (Å²) in [5.41, 5.74) is 6.64. The van der Waals surface area contributed by atoms with Gasteiger partial charge in [0, 0.05) is 31.7 Å². The van der Waals surface area contributed by atoms with Crippen LogP contribution in [0.5, 0.6) is 0 Å². The van der Waals surface area contributed by atoms with Gasteiger partial charge < -0.3 is 10.6 Å². The first-order chi connectivity index (χ1) is 9.67. The van der Waals surface area contributed by atoms with Crippen LogP contribution in [0.25, 0.3) is 0 Å². The van der Waals surface area contributed by atoms with Crippen LogP contribution in [0.3, 0.4) is 0 Å². The maximum absolute atomic E-state index is 6.37. The van der Waals surface area contributed by atoms with E-state index < -0.39 is 0 Å². The Morgan fingerprint density at radius 3 is 2.70 bits per heavy atom. The van der Waals surface area contributed by atoms with Gasteiger partial charge in [0.1, 0.15) is 0 Å². The Labute approximate surface area is 124 Å². The molecule has 0 spiro atoms. The number of hydrogen-bond acceptors (Lipinski definition) is 4.